The summed E-state index contributed by atoms with van der Waals surface area (Å²) in [6.07, 6.45) is -6.81. The molecule has 0 radical (unpaired) electrons. The van der Waals surface area contributed by atoms with E-state index in [-0.39, 0.29) is 37.8 Å². The Hall–Kier alpha value is -2.48. The fourth-order valence-corrected chi connectivity index (χ4v) is 10.5. The first-order valence-electron chi connectivity index (χ1n) is 24.0. The van der Waals surface area contributed by atoms with E-state index in [1.807, 2.05) is 58.0 Å². The molecule has 6 N–H and O–H groups in total. The van der Waals surface area contributed by atoms with Crippen molar-refractivity contribution in [3.8, 4) is 0 Å². The Kier molecular flexibility index (Phi) is 19.3. The number of benzene rings is 1. The van der Waals surface area contributed by atoms with Gasteiger partial charge in [0.2, 0.25) is 0 Å². The lowest BCUT2D eigenvalue weighted by Crippen LogP contribution is -2.70. The number of cyclic esters (lactones) is 1. The minimum absolute atomic E-state index is 0.0561. The average Bonchev–Trinajstić information content (AvgIpc) is 3.26. The van der Waals surface area contributed by atoms with Crippen LogP contribution >= 0.6 is 0 Å². The number of methoxy groups -OCH3 is 1. The van der Waals surface area contributed by atoms with Gasteiger partial charge in [-0.05, 0) is 104 Å². The number of nitrogens with zero attached hydrogens (tertiary/aromatic N) is 2. The van der Waals surface area contributed by atoms with Gasteiger partial charge in [0.15, 0.2) is 12.6 Å². The van der Waals surface area contributed by atoms with E-state index in [9.17, 15) is 35.1 Å². The van der Waals surface area contributed by atoms with Crippen LogP contribution in [-0.2, 0) is 33.2 Å². The summed E-state index contributed by atoms with van der Waals surface area (Å²) < 4.78 is 38.9. The van der Waals surface area contributed by atoms with E-state index in [4.69, 9.17) is 28.4 Å². The van der Waals surface area contributed by atoms with Gasteiger partial charge < -0.3 is 64.2 Å². The zero-order valence-electron chi connectivity index (χ0n) is 41.7. The molecule has 3 saturated heterocycles. The van der Waals surface area contributed by atoms with Gasteiger partial charge in [0.05, 0.1) is 48.1 Å². The molecule has 0 aromatic heterocycles. The number of hydrogen-bond donors (Lipinski definition) is 6. The summed E-state index contributed by atoms with van der Waals surface area (Å²) in [4.78, 5) is 31.5. The van der Waals surface area contributed by atoms with Gasteiger partial charge in [0, 0.05) is 45.8 Å². The Morgan fingerprint density at radius 3 is 2.25 bits per heavy atom. The number of likely N-dealkylation sites (N-methyl/N-ethyl adjacent to an activating group) is 1. The molecule has 16 nitrogen and oxygen atoms in total. The van der Waals surface area contributed by atoms with Crippen molar-refractivity contribution >= 4 is 17.7 Å². The maximum Gasteiger partial charge on any atom is 0.324 e. The highest BCUT2D eigenvalue weighted by Gasteiger charge is 2.58. The molecular weight excluding hydrogens is 839 g/mol. The van der Waals surface area contributed by atoms with Crippen LogP contribution in [0.5, 0.6) is 0 Å². The summed E-state index contributed by atoms with van der Waals surface area (Å²) in [7, 11) is 4.82. The molecule has 1 aromatic rings. The summed E-state index contributed by atoms with van der Waals surface area (Å²) >= 11 is 0. The normalized spacial score (nSPS) is 40.3. The number of carbonyl (C=O) groups is 2. The van der Waals surface area contributed by atoms with Gasteiger partial charge in [-0.25, -0.2) is 4.79 Å². The number of urea groups is 1. The highest BCUT2D eigenvalue weighted by Crippen LogP contribution is 2.44. The highest BCUT2D eigenvalue weighted by atomic mass is 16.7. The zero-order chi connectivity index (χ0) is 48.8. The lowest BCUT2D eigenvalue weighted by molar-refractivity contribution is -0.336. The van der Waals surface area contributed by atoms with Crippen molar-refractivity contribution in [2.75, 3.05) is 39.2 Å². The molecule has 2 amide bonds. The van der Waals surface area contributed by atoms with Crippen molar-refractivity contribution in [1.29, 1.82) is 0 Å². The first-order valence-corrected chi connectivity index (χ1v) is 24.0. The SMILES string of the molecule is CCCNC[C@]1(O)[C@H](C)O[C@@H](O[C@H]2[C@H](C)[C@@H](O[C@@H]3O[C@H](C)C[C@H](N(C)C(=O)N(C)c4ccccc4)[C@H]3O)[C@](C)(O)C[C@@H](C)CC[C@H](C)[C@H]([C@](C)(O)[C@H](O)CC)OC(=O)[C@@H]2C)C[C@@]1(C)OC. The topological polar surface area (TPSA) is 209 Å². The summed E-state index contributed by atoms with van der Waals surface area (Å²) in [6.45, 7) is 20.5. The number of esters is 1. The Balaban J connectivity index is 1.79. The van der Waals surface area contributed by atoms with Crippen LogP contribution in [0.25, 0.3) is 0 Å². The summed E-state index contributed by atoms with van der Waals surface area (Å²) in [6, 6.07) is 8.11. The third-order valence-electron chi connectivity index (χ3n) is 15.0. The van der Waals surface area contributed by atoms with Crippen molar-refractivity contribution in [3.05, 3.63) is 30.3 Å². The van der Waals surface area contributed by atoms with Crippen LogP contribution in [0.1, 0.15) is 121 Å². The maximum absolute atomic E-state index is 14.7. The molecule has 0 bridgehead atoms. The standard InChI is InChI=1S/C49H85N3O13/c1-15-24-50-28-49(59)34(8)62-38(27-47(49,10)60-14)63-40-32(6)42(65-44-39(54)36(25-31(5)61-44)52(13)45(56)51(12)35-20-18-17-19-21-35)46(9,57)26-29(3)22-23-30(4)41(64-43(55)33(40)7)48(11,58)37(53)16-2/h17-21,29-34,36-42,44,50,53-54,57-59H,15-16,22-28H2,1-14H3/t29-,30-,31+,32-,33+,34-,36-,37+,38-,39+,40-,41+,42+,44-,46+,47+,48+,49-/m0/s1. The average molecular weight is 924 g/mol. The first-order chi connectivity index (χ1) is 30.3. The monoisotopic (exact) mass is 924 g/mol. The Morgan fingerprint density at radius 2 is 1.65 bits per heavy atom. The number of aliphatic hydroxyl groups is 5. The van der Waals surface area contributed by atoms with Gasteiger partial charge in [0.25, 0.3) is 0 Å². The highest BCUT2D eigenvalue weighted by molar-refractivity contribution is 5.91. The number of amides is 2. The van der Waals surface area contributed by atoms with E-state index in [1.165, 1.54) is 23.8 Å². The Labute approximate surface area is 388 Å². The van der Waals surface area contributed by atoms with Crippen LogP contribution in [-0.4, -0.2) is 160 Å². The second-order valence-corrected chi connectivity index (χ2v) is 20.4. The van der Waals surface area contributed by atoms with Crippen molar-refractivity contribution in [1.82, 2.24) is 10.2 Å². The fraction of sp³-hybridized carbons (Fsp3) is 0.837. The van der Waals surface area contributed by atoms with Gasteiger partial charge in [-0.2, -0.15) is 0 Å². The van der Waals surface area contributed by atoms with Crippen LogP contribution in [0.2, 0.25) is 0 Å². The molecule has 3 aliphatic rings. The molecule has 374 valence electrons. The van der Waals surface area contributed by atoms with Crippen LogP contribution in [0.15, 0.2) is 30.3 Å². The number of para-hydroxylation sites is 1. The molecule has 1 aromatic carbocycles. The number of hydrogen-bond acceptors (Lipinski definition) is 14. The van der Waals surface area contributed by atoms with E-state index in [0.717, 1.165) is 6.42 Å². The first kappa shape index (κ1) is 55.1. The van der Waals surface area contributed by atoms with Crippen LogP contribution in [0.4, 0.5) is 10.5 Å². The van der Waals surface area contributed by atoms with Gasteiger partial charge in [-0.3, -0.25) is 9.69 Å². The molecule has 0 saturated carbocycles. The number of carbonyl (C=O) groups excluding carboxylic acids is 2. The van der Waals surface area contributed by atoms with Crippen molar-refractivity contribution in [2.24, 2.45) is 23.7 Å². The lowest BCUT2D eigenvalue weighted by atomic mass is 9.75. The van der Waals surface area contributed by atoms with Crippen LogP contribution in [0.3, 0.4) is 0 Å². The predicted octanol–water partition coefficient (Wildman–Crippen LogP) is 4.99. The Bertz CT molecular complexity index is 1660. The van der Waals surface area contributed by atoms with Gasteiger partial charge in [0.1, 0.15) is 29.0 Å². The van der Waals surface area contributed by atoms with Crippen LogP contribution in [0, 0.1) is 23.7 Å². The lowest BCUT2D eigenvalue weighted by Gasteiger charge is -2.53. The quantitative estimate of drug-likeness (QED) is 0.107. The molecule has 4 rings (SSSR count). The van der Waals surface area contributed by atoms with Crippen LogP contribution < -0.4 is 10.2 Å². The number of nitrogens with one attached hydrogen (secondary N) is 1. The second kappa shape index (κ2) is 22.8. The van der Waals surface area contributed by atoms with Gasteiger partial charge >= 0.3 is 12.0 Å². The molecular formula is C49H85N3O13. The third kappa shape index (κ3) is 12.4. The zero-order valence-corrected chi connectivity index (χ0v) is 41.7. The van der Waals surface area contributed by atoms with Gasteiger partial charge in [-0.15, -0.1) is 0 Å². The number of rotatable bonds is 14. The minimum atomic E-state index is -1.79. The summed E-state index contributed by atoms with van der Waals surface area (Å²) in [5.74, 6) is -3.17. The molecule has 0 spiro atoms. The number of anilines is 1. The molecule has 0 aliphatic carbocycles. The van der Waals surface area contributed by atoms with Crippen molar-refractivity contribution in [2.45, 2.75) is 205 Å². The number of aliphatic hydroxyl groups excluding tert-OH is 2. The largest absolute Gasteiger partial charge is 0.459 e. The van der Waals surface area contributed by atoms with Crippen molar-refractivity contribution < 1.29 is 63.5 Å². The fourth-order valence-electron chi connectivity index (χ4n) is 10.5. The molecule has 3 fully saturated rings. The van der Waals surface area contributed by atoms with Crippen molar-refractivity contribution in [3.63, 3.8) is 0 Å². The van der Waals surface area contributed by atoms with E-state index in [1.54, 1.807) is 55.6 Å². The molecule has 18 atom stereocenters. The van der Waals surface area contributed by atoms with Gasteiger partial charge in [-0.1, -0.05) is 59.2 Å². The molecule has 3 aliphatic heterocycles. The molecule has 65 heavy (non-hydrogen) atoms. The summed E-state index contributed by atoms with van der Waals surface area (Å²) in [5, 5.41) is 63.2. The molecule has 16 heteroatoms. The number of ether oxygens (including phenoxy) is 6. The van der Waals surface area contributed by atoms with E-state index < -0.39 is 107 Å². The smallest absolute Gasteiger partial charge is 0.324 e. The predicted molar refractivity (Wildman–Crippen MR) is 247 cm³/mol. The molecule has 0 unspecified atom stereocenters. The second-order valence-electron chi connectivity index (χ2n) is 20.4. The minimum Gasteiger partial charge on any atom is -0.459 e. The van der Waals surface area contributed by atoms with E-state index >= 15 is 0 Å². The van der Waals surface area contributed by atoms with E-state index in [2.05, 4.69) is 5.32 Å². The maximum atomic E-state index is 14.7. The summed E-state index contributed by atoms with van der Waals surface area (Å²) in [5.41, 5.74) is -5.38. The third-order valence-corrected chi connectivity index (χ3v) is 15.0. The Morgan fingerprint density at radius 1 is 1.00 bits per heavy atom. The molecule has 3 heterocycles. The van der Waals surface area contributed by atoms with E-state index in [0.29, 0.717) is 31.5 Å².